The van der Waals surface area contributed by atoms with Gasteiger partial charge in [-0.15, -0.1) is 0 Å². The molecule has 0 fully saturated rings. The minimum absolute atomic E-state index is 0.0230. The maximum absolute atomic E-state index is 11.3. The number of carboxylic acids is 4. The molecule has 0 aliphatic heterocycles. The van der Waals surface area contributed by atoms with Gasteiger partial charge in [0.2, 0.25) is 0 Å². The molecule has 0 aromatic rings. The Morgan fingerprint density at radius 3 is 1.18 bits per heavy atom. The van der Waals surface area contributed by atoms with Gasteiger partial charge < -0.3 is 20.4 Å². The van der Waals surface area contributed by atoms with Crippen molar-refractivity contribution in [1.82, 2.24) is 0 Å². The first-order chi connectivity index (χ1) is 10.3. The number of carboxylic acid groups (broad SMARTS) is 4. The third kappa shape index (κ3) is 2.30. The predicted molar refractivity (Wildman–Crippen MR) is 70.0 cm³/mol. The van der Waals surface area contributed by atoms with Gasteiger partial charge in [0.05, 0.1) is 22.3 Å². The summed E-state index contributed by atoms with van der Waals surface area (Å²) in [5.41, 5.74) is -1.81. The van der Waals surface area contributed by atoms with Crippen LogP contribution in [0.3, 0.4) is 0 Å². The van der Waals surface area contributed by atoms with Crippen LogP contribution in [0.25, 0.3) is 0 Å². The maximum Gasteiger partial charge on any atom is 0.336 e. The van der Waals surface area contributed by atoms with E-state index in [2.05, 4.69) is 0 Å². The summed E-state index contributed by atoms with van der Waals surface area (Å²) in [4.78, 5) is 44.7. The van der Waals surface area contributed by atoms with Crippen LogP contribution < -0.4 is 0 Å². The van der Waals surface area contributed by atoms with E-state index in [-0.39, 0.29) is 24.0 Å². The Balaban J connectivity index is 2.65. The predicted octanol–water partition coefficient (Wildman–Crippen LogP) is 0.578. The molecule has 0 radical (unpaired) electrons. The normalized spacial score (nSPS) is 17.5. The molecule has 2 aliphatic rings. The third-order valence-electron chi connectivity index (χ3n) is 3.42. The van der Waals surface area contributed by atoms with Gasteiger partial charge in [-0.2, -0.15) is 0 Å². The number of hydrogen-bond donors (Lipinski definition) is 4. The van der Waals surface area contributed by atoms with E-state index in [1.165, 1.54) is 12.2 Å². The van der Waals surface area contributed by atoms with Gasteiger partial charge in [-0.3, -0.25) is 0 Å². The van der Waals surface area contributed by atoms with Crippen LogP contribution in [0.4, 0.5) is 0 Å². The van der Waals surface area contributed by atoms with Gasteiger partial charge in [0, 0.05) is 0 Å². The van der Waals surface area contributed by atoms with E-state index in [9.17, 15) is 29.4 Å². The summed E-state index contributed by atoms with van der Waals surface area (Å²) in [7, 11) is 0. The van der Waals surface area contributed by atoms with Crippen molar-refractivity contribution in [3.05, 3.63) is 45.6 Å². The highest BCUT2D eigenvalue weighted by Crippen LogP contribution is 2.39. The lowest BCUT2D eigenvalue weighted by Crippen LogP contribution is -2.13. The molecule has 0 saturated heterocycles. The Bertz CT molecular complexity index is 681. The lowest BCUT2D eigenvalue weighted by atomic mass is 9.94. The number of carbonyl (C=O) groups is 4. The standard InChI is InChI=1S/C14H10O8/c15-11(16)7-3-1-5(9(7)13(19)20)6-2-4-8(12(17)18)10(6)14(21)22/h3-4H,1-2H2,(H,15,16)(H,17,18)(H,19,20)(H,21,22). The Hall–Kier alpha value is -3.16. The Morgan fingerprint density at radius 2 is 0.955 bits per heavy atom. The van der Waals surface area contributed by atoms with Crippen molar-refractivity contribution in [2.24, 2.45) is 0 Å². The van der Waals surface area contributed by atoms with Crippen LogP contribution in [-0.2, 0) is 19.2 Å². The van der Waals surface area contributed by atoms with Gasteiger partial charge in [-0.05, 0) is 24.0 Å². The Kier molecular flexibility index (Phi) is 3.68. The van der Waals surface area contributed by atoms with E-state index >= 15 is 0 Å². The summed E-state index contributed by atoms with van der Waals surface area (Å²) in [6.07, 6.45) is 2.20. The number of rotatable bonds is 5. The molecule has 0 atom stereocenters. The number of allylic oxidation sites excluding steroid dienone is 4. The minimum Gasteiger partial charge on any atom is -0.478 e. The topological polar surface area (TPSA) is 149 Å². The molecule has 0 aromatic heterocycles. The quantitative estimate of drug-likeness (QED) is 0.576. The van der Waals surface area contributed by atoms with Gasteiger partial charge >= 0.3 is 23.9 Å². The average molecular weight is 306 g/mol. The summed E-state index contributed by atoms with van der Waals surface area (Å²) in [6, 6.07) is 0. The zero-order chi connectivity index (χ0) is 16.6. The number of hydrogen-bond acceptors (Lipinski definition) is 4. The number of aliphatic carboxylic acids is 4. The van der Waals surface area contributed by atoms with Crippen LogP contribution in [0.1, 0.15) is 12.8 Å². The van der Waals surface area contributed by atoms with Gasteiger partial charge in [-0.1, -0.05) is 12.2 Å². The Labute approximate surface area is 123 Å². The second-order valence-electron chi connectivity index (χ2n) is 4.57. The van der Waals surface area contributed by atoms with Gasteiger partial charge in [0.25, 0.3) is 0 Å². The summed E-state index contributed by atoms with van der Waals surface area (Å²) < 4.78 is 0. The molecule has 2 rings (SSSR count). The first kappa shape index (κ1) is 15.2. The van der Waals surface area contributed by atoms with Crippen molar-refractivity contribution in [2.45, 2.75) is 12.8 Å². The van der Waals surface area contributed by atoms with Crippen molar-refractivity contribution >= 4 is 23.9 Å². The Morgan fingerprint density at radius 1 is 0.636 bits per heavy atom. The molecule has 0 spiro atoms. The molecule has 0 bridgehead atoms. The van der Waals surface area contributed by atoms with Crippen LogP contribution in [0, 0.1) is 0 Å². The summed E-state index contributed by atoms with van der Waals surface area (Å²) in [6.45, 7) is 0. The van der Waals surface area contributed by atoms with E-state index in [4.69, 9.17) is 10.2 Å². The highest BCUT2D eigenvalue weighted by molar-refractivity contribution is 6.11. The largest absolute Gasteiger partial charge is 0.478 e. The first-order valence-electron chi connectivity index (χ1n) is 6.06. The monoisotopic (exact) mass is 306 g/mol. The fraction of sp³-hybridized carbons (Fsp3) is 0.143. The molecule has 4 N–H and O–H groups in total. The van der Waals surface area contributed by atoms with Crippen molar-refractivity contribution in [3.8, 4) is 0 Å². The minimum atomic E-state index is -1.50. The summed E-state index contributed by atoms with van der Waals surface area (Å²) in [5.74, 6) is -5.87. The zero-order valence-corrected chi connectivity index (χ0v) is 11.0. The maximum atomic E-state index is 11.3. The zero-order valence-electron chi connectivity index (χ0n) is 11.0. The van der Waals surface area contributed by atoms with Crippen LogP contribution in [0.5, 0.6) is 0 Å². The smallest absolute Gasteiger partial charge is 0.336 e. The van der Waals surface area contributed by atoms with Crippen LogP contribution in [0.15, 0.2) is 45.6 Å². The molecule has 8 nitrogen and oxygen atoms in total. The average Bonchev–Trinajstić information content (AvgIpc) is 3.01. The SMILES string of the molecule is O=C(O)C1=CCC(C2=C(C(=O)O)C(C(=O)O)=CC2)=C1C(=O)O. The lowest BCUT2D eigenvalue weighted by Gasteiger charge is -2.09. The fourth-order valence-corrected chi connectivity index (χ4v) is 2.57. The van der Waals surface area contributed by atoms with Crippen molar-refractivity contribution in [1.29, 1.82) is 0 Å². The van der Waals surface area contributed by atoms with Crippen LogP contribution in [0.2, 0.25) is 0 Å². The molecular weight excluding hydrogens is 296 g/mol. The van der Waals surface area contributed by atoms with Crippen LogP contribution in [-0.4, -0.2) is 44.3 Å². The molecule has 0 aromatic carbocycles. The molecule has 0 heterocycles. The van der Waals surface area contributed by atoms with E-state index in [0.717, 1.165) is 0 Å². The van der Waals surface area contributed by atoms with Crippen molar-refractivity contribution < 1.29 is 39.6 Å². The van der Waals surface area contributed by atoms with Crippen molar-refractivity contribution in [3.63, 3.8) is 0 Å². The molecule has 0 amide bonds. The van der Waals surface area contributed by atoms with E-state index in [1.54, 1.807) is 0 Å². The van der Waals surface area contributed by atoms with Crippen molar-refractivity contribution in [2.75, 3.05) is 0 Å². The third-order valence-corrected chi connectivity index (χ3v) is 3.42. The van der Waals surface area contributed by atoms with Gasteiger partial charge in [0.1, 0.15) is 0 Å². The molecule has 0 unspecified atom stereocenters. The first-order valence-corrected chi connectivity index (χ1v) is 6.06. The van der Waals surface area contributed by atoms with Gasteiger partial charge in [0.15, 0.2) is 0 Å². The van der Waals surface area contributed by atoms with E-state index < -0.39 is 46.2 Å². The van der Waals surface area contributed by atoms with Gasteiger partial charge in [-0.25, -0.2) is 19.2 Å². The highest BCUT2D eigenvalue weighted by Gasteiger charge is 2.35. The summed E-state index contributed by atoms with van der Waals surface area (Å²) >= 11 is 0. The highest BCUT2D eigenvalue weighted by atomic mass is 16.4. The molecule has 8 heteroatoms. The lowest BCUT2D eigenvalue weighted by molar-refractivity contribution is -0.136. The summed E-state index contributed by atoms with van der Waals surface area (Å²) in [5, 5.41) is 36.4. The van der Waals surface area contributed by atoms with E-state index in [0.29, 0.717) is 0 Å². The molecule has 114 valence electrons. The second kappa shape index (κ2) is 5.32. The second-order valence-corrected chi connectivity index (χ2v) is 4.57. The fourth-order valence-electron chi connectivity index (χ4n) is 2.57. The molecule has 0 saturated carbocycles. The molecule has 2 aliphatic carbocycles. The molecular formula is C14H10O8. The van der Waals surface area contributed by atoms with Crippen LogP contribution >= 0.6 is 0 Å². The van der Waals surface area contributed by atoms with E-state index in [1.807, 2.05) is 0 Å². The molecule has 22 heavy (non-hydrogen) atoms.